The molecule has 0 spiro atoms. The number of hydrogen-bond donors (Lipinski definition) is 1. The first kappa shape index (κ1) is 16.2. The minimum atomic E-state index is -3.01. The quantitative estimate of drug-likeness (QED) is 0.735. The lowest BCUT2D eigenvalue weighted by Crippen LogP contribution is -2.43. The summed E-state index contributed by atoms with van der Waals surface area (Å²) >= 11 is 0. The molecule has 0 aromatic carbocycles. The molecule has 2 heterocycles. The number of rotatable bonds is 6. The Hall–Kier alpha value is -0.170. The van der Waals surface area contributed by atoms with Gasteiger partial charge in [0, 0.05) is 26.2 Å². The normalized spacial score (nSPS) is 26.8. The van der Waals surface area contributed by atoms with Crippen molar-refractivity contribution in [2.24, 2.45) is 5.92 Å². The second kappa shape index (κ2) is 7.73. The van der Waals surface area contributed by atoms with Crippen molar-refractivity contribution in [3.05, 3.63) is 0 Å². The summed E-state index contributed by atoms with van der Waals surface area (Å²) in [6.45, 7) is 6.97. The van der Waals surface area contributed by atoms with Crippen LogP contribution in [-0.4, -0.2) is 69.7 Å². The summed E-state index contributed by atoms with van der Waals surface area (Å²) in [6.07, 6.45) is 7.51. The van der Waals surface area contributed by atoms with Crippen molar-refractivity contribution in [3.8, 4) is 0 Å². The van der Waals surface area contributed by atoms with Crippen molar-refractivity contribution < 1.29 is 8.42 Å². The molecule has 5 nitrogen and oxygen atoms in total. The molecule has 0 saturated carbocycles. The maximum atomic E-state index is 11.6. The Bertz CT molecular complexity index is 380. The van der Waals surface area contributed by atoms with Crippen molar-refractivity contribution in [1.82, 2.24) is 14.5 Å². The highest BCUT2D eigenvalue weighted by atomic mass is 32.2. The fraction of sp³-hybridized carbons (Fsp3) is 1.00. The van der Waals surface area contributed by atoms with E-state index in [-0.39, 0.29) is 0 Å². The lowest BCUT2D eigenvalue weighted by molar-refractivity contribution is 0.221. The van der Waals surface area contributed by atoms with E-state index in [1.54, 1.807) is 4.31 Å². The van der Waals surface area contributed by atoms with Gasteiger partial charge in [0.15, 0.2) is 0 Å². The Morgan fingerprint density at radius 2 is 1.85 bits per heavy atom. The third kappa shape index (κ3) is 5.31. The Morgan fingerprint density at radius 1 is 1.10 bits per heavy atom. The third-order valence-corrected chi connectivity index (χ3v) is 5.71. The molecule has 0 aromatic rings. The van der Waals surface area contributed by atoms with Crippen LogP contribution in [0, 0.1) is 5.92 Å². The first-order valence-electron chi connectivity index (χ1n) is 7.94. The van der Waals surface area contributed by atoms with Crippen LogP contribution in [0.3, 0.4) is 0 Å². The van der Waals surface area contributed by atoms with Crippen LogP contribution in [0.25, 0.3) is 0 Å². The van der Waals surface area contributed by atoms with E-state index in [4.69, 9.17) is 0 Å². The molecule has 2 rings (SSSR count). The van der Waals surface area contributed by atoms with Crippen LogP contribution in [0.5, 0.6) is 0 Å². The predicted octanol–water partition coefficient (Wildman–Crippen LogP) is 0.734. The Labute approximate surface area is 123 Å². The molecular formula is C14H29N3O2S. The van der Waals surface area contributed by atoms with Crippen LogP contribution in [-0.2, 0) is 10.0 Å². The molecule has 1 unspecified atom stereocenters. The van der Waals surface area contributed by atoms with Gasteiger partial charge in [-0.15, -0.1) is 0 Å². The van der Waals surface area contributed by atoms with Crippen molar-refractivity contribution in [3.63, 3.8) is 0 Å². The summed E-state index contributed by atoms with van der Waals surface area (Å²) < 4.78 is 24.8. The van der Waals surface area contributed by atoms with E-state index in [0.29, 0.717) is 19.0 Å². The van der Waals surface area contributed by atoms with Crippen molar-refractivity contribution in [2.45, 2.75) is 32.1 Å². The highest BCUT2D eigenvalue weighted by Gasteiger charge is 2.25. The van der Waals surface area contributed by atoms with E-state index in [2.05, 4.69) is 10.2 Å². The van der Waals surface area contributed by atoms with Gasteiger partial charge in [-0.3, -0.25) is 0 Å². The Balaban J connectivity index is 1.61. The largest absolute Gasteiger partial charge is 0.315 e. The number of sulfonamides is 1. The van der Waals surface area contributed by atoms with Gasteiger partial charge in [-0.1, -0.05) is 6.42 Å². The van der Waals surface area contributed by atoms with Crippen molar-refractivity contribution in [2.75, 3.05) is 52.1 Å². The van der Waals surface area contributed by atoms with Gasteiger partial charge in [0.1, 0.15) is 0 Å². The number of hydrogen-bond acceptors (Lipinski definition) is 4. The summed E-state index contributed by atoms with van der Waals surface area (Å²) in [5, 5.41) is 3.51. The molecule has 0 bridgehead atoms. The van der Waals surface area contributed by atoms with Gasteiger partial charge in [0.05, 0.1) is 6.26 Å². The second-order valence-corrected chi connectivity index (χ2v) is 8.22. The van der Waals surface area contributed by atoms with Gasteiger partial charge in [-0.05, 0) is 51.2 Å². The molecule has 118 valence electrons. The van der Waals surface area contributed by atoms with Crippen LogP contribution in [0.15, 0.2) is 0 Å². The fourth-order valence-electron chi connectivity index (χ4n) is 3.22. The number of nitrogens with zero attached hydrogens (tertiary/aromatic N) is 2. The molecule has 2 saturated heterocycles. The molecule has 2 fully saturated rings. The summed E-state index contributed by atoms with van der Waals surface area (Å²) in [7, 11) is -3.01. The van der Waals surface area contributed by atoms with Gasteiger partial charge in [0.25, 0.3) is 0 Å². The van der Waals surface area contributed by atoms with Crippen LogP contribution in [0.2, 0.25) is 0 Å². The van der Waals surface area contributed by atoms with Gasteiger partial charge in [-0.25, -0.2) is 12.7 Å². The van der Waals surface area contributed by atoms with Crippen LogP contribution < -0.4 is 5.32 Å². The molecular weight excluding hydrogens is 274 g/mol. The molecule has 0 aromatic heterocycles. The zero-order valence-electron chi connectivity index (χ0n) is 12.7. The fourth-order valence-corrected chi connectivity index (χ4v) is 4.16. The summed E-state index contributed by atoms with van der Waals surface area (Å²) in [6, 6.07) is 0. The van der Waals surface area contributed by atoms with E-state index < -0.39 is 10.0 Å². The minimum absolute atomic E-state index is 0.472. The van der Waals surface area contributed by atoms with Crippen LogP contribution >= 0.6 is 0 Å². The topological polar surface area (TPSA) is 52.7 Å². The van der Waals surface area contributed by atoms with E-state index >= 15 is 0 Å². The summed E-state index contributed by atoms with van der Waals surface area (Å²) in [4.78, 5) is 2.53. The standard InChI is InChI=1S/C14H29N3O2S/c1-20(18,19)17-10-5-6-14(13-17)12-15-7-11-16-8-3-2-4-9-16/h14-15H,2-13H2,1H3. The number of piperidine rings is 2. The van der Waals surface area contributed by atoms with E-state index in [1.807, 2.05) is 0 Å². The third-order valence-electron chi connectivity index (χ3n) is 4.44. The average Bonchev–Trinajstić information content (AvgIpc) is 2.44. The zero-order valence-corrected chi connectivity index (χ0v) is 13.5. The Kier molecular flexibility index (Phi) is 6.26. The zero-order chi connectivity index (χ0) is 14.4. The molecule has 0 amide bonds. The van der Waals surface area contributed by atoms with Gasteiger partial charge < -0.3 is 10.2 Å². The van der Waals surface area contributed by atoms with Gasteiger partial charge in [0.2, 0.25) is 10.0 Å². The SMILES string of the molecule is CS(=O)(=O)N1CCCC(CNCCN2CCCCC2)C1. The molecule has 1 N–H and O–H groups in total. The van der Waals surface area contributed by atoms with E-state index in [9.17, 15) is 8.42 Å². The molecule has 2 aliphatic heterocycles. The molecule has 6 heteroatoms. The molecule has 0 radical (unpaired) electrons. The molecule has 20 heavy (non-hydrogen) atoms. The summed E-state index contributed by atoms with van der Waals surface area (Å²) in [5.41, 5.74) is 0. The number of likely N-dealkylation sites (tertiary alicyclic amines) is 1. The molecule has 2 aliphatic rings. The smallest absolute Gasteiger partial charge is 0.211 e. The maximum Gasteiger partial charge on any atom is 0.211 e. The number of nitrogens with one attached hydrogen (secondary N) is 1. The van der Waals surface area contributed by atoms with Gasteiger partial charge in [-0.2, -0.15) is 0 Å². The highest BCUT2D eigenvalue weighted by Crippen LogP contribution is 2.17. The molecule has 1 atom stereocenters. The lowest BCUT2D eigenvalue weighted by atomic mass is 10.00. The van der Waals surface area contributed by atoms with E-state index in [1.165, 1.54) is 38.6 Å². The van der Waals surface area contributed by atoms with Crippen LogP contribution in [0.4, 0.5) is 0 Å². The average molecular weight is 303 g/mol. The summed E-state index contributed by atoms with van der Waals surface area (Å²) in [5.74, 6) is 0.472. The Morgan fingerprint density at radius 3 is 2.55 bits per heavy atom. The first-order chi connectivity index (χ1) is 9.55. The maximum absolute atomic E-state index is 11.6. The first-order valence-corrected chi connectivity index (χ1v) is 9.79. The van der Waals surface area contributed by atoms with E-state index in [0.717, 1.165) is 32.5 Å². The van der Waals surface area contributed by atoms with Crippen molar-refractivity contribution in [1.29, 1.82) is 0 Å². The lowest BCUT2D eigenvalue weighted by Gasteiger charge is -2.31. The minimum Gasteiger partial charge on any atom is -0.315 e. The highest BCUT2D eigenvalue weighted by molar-refractivity contribution is 7.88. The second-order valence-electron chi connectivity index (χ2n) is 6.24. The monoisotopic (exact) mass is 303 g/mol. The van der Waals surface area contributed by atoms with Crippen LogP contribution in [0.1, 0.15) is 32.1 Å². The van der Waals surface area contributed by atoms with Gasteiger partial charge >= 0.3 is 0 Å². The van der Waals surface area contributed by atoms with Crippen molar-refractivity contribution >= 4 is 10.0 Å². The predicted molar refractivity (Wildman–Crippen MR) is 82.3 cm³/mol. The molecule has 0 aliphatic carbocycles.